The van der Waals surface area contributed by atoms with Crippen molar-refractivity contribution in [1.29, 1.82) is 0 Å². The van der Waals surface area contributed by atoms with Crippen LogP contribution in [0.3, 0.4) is 0 Å². The monoisotopic (exact) mass is 360 g/mol. The largest absolute Gasteiger partial charge is 0.352 e. The zero-order valence-corrected chi connectivity index (χ0v) is 15.6. The van der Waals surface area contributed by atoms with Gasteiger partial charge in [-0.15, -0.1) is 0 Å². The highest BCUT2D eigenvalue weighted by atomic mass is 32.2. The fourth-order valence-corrected chi connectivity index (χ4v) is 3.31. The zero-order valence-electron chi connectivity index (χ0n) is 14.7. The molecule has 134 valence electrons. The van der Waals surface area contributed by atoms with E-state index in [0.717, 1.165) is 11.1 Å². The van der Waals surface area contributed by atoms with Gasteiger partial charge in [0.2, 0.25) is 10.0 Å². The number of rotatable bonds is 7. The van der Waals surface area contributed by atoms with Gasteiger partial charge < -0.3 is 5.32 Å². The lowest BCUT2D eigenvalue weighted by Gasteiger charge is -2.12. The Hall–Kier alpha value is -2.18. The van der Waals surface area contributed by atoms with Gasteiger partial charge in [-0.05, 0) is 36.1 Å². The van der Waals surface area contributed by atoms with Crippen molar-refractivity contribution in [2.75, 3.05) is 6.54 Å². The number of hydrogen-bond donors (Lipinski definition) is 2. The van der Waals surface area contributed by atoms with Crippen molar-refractivity contribution in [2.24, 2.45) is 5.92 Å². The molecular weight excluding hydrogens is 336 g/mol. The summed E-state index contributed by atoms with van der Waals surface area (Å²) < 4.78 is 27.6. The van der Waals surface area contributed by atoms with E-state index in [4.69, 9.17) is 0 Å². The summed E-state index contributed by atoms with van der Waals surface area (Å²) in [5.74, 6) is 0.0648. The van der Waals surface area contributed by atoms with Gasteiger partial charge in [0.05, 0.1) is 4.90 Å². The van der Waals surface area contributed by atoms with Crippen LogP contribution in [-0.4, -0.2) is 20.9 Å². The maximum atomic E-state index is 12.5. The first-order valence-electron chi connectivity index (χ1n) is 8.22. The third kappa shape index (κ3) is 5.41. The first-order chi connectivity index (χ1) is 11.8. The second-order valence-corrected chi connectivity index (χ2v) is 8.16. The maximum absolute atomic E-state index is 12.5. The molecule has 0 spiro atoms. The predicted octanol–water partition coefficient (Wildman–Crippen LogP) is 2.86. The maximum Gasteiger partial charge on any atom is 0.251 e. The van der Waals surface area contributed by atoms with Crippen LogP contribution in [-0.2, 0) is 16.6 Å². The Bertz CT molecular complexity index is 831. The summed E-state index contributed by atoms with van der Waals surface area (Å²) in [4.78, 5) is 12.4. The zero-order chi connectivity index (χ0) is 18.4. The first kappa shape index (κ1) is 19.1. The van der Waals surface area contributed by atoms with Crippen molar-refractivity contribution in [3.05, 3.63) is 65.2 Å². The molecule has 6 heteroatoms. The highest BCUT2D eigenvalue weighted by Gasteiger charge is 2.18. The first-order valence-corrected chi connectivity index (χ1v) is 9.70. The lowest BCUT2D eigenvalue weighted by molar-refractivity contribution is 0.0948. The van der Waals surface area contributed by atoms with Gasteiger partial charge in [0.25, 0.3) is 5.91 Å². The fourth-order valence-electron chi connectivity index (χ4n) is 2.26. The van der Waals surface area contributed by atoms with Gasteiger partial charge in [0.1, 0.15) is 0 Å². The van der Waals surface area contributed by atoms with Gasteiger partial charge in [-0.3, -0.25) is 4.79 Å². The molecule has 5 nitrogen and oxygen atoms in total. The molecule has 1 amide bonds. The molecule has 25 heavy (non-hydrogen) atoms. The average Bonchev–Trinajstić information content (AvgIpc) is 2.59. The van der Waals surface area contributed by atoms with E-state index < -0.39 is 10.0 Å². The molecule has 0 saturated carbocycles. The molecule has 0 bridgehead atoms. The Morgan fingerprint density at radius 3 is 2.40 bits per heavy atom. The summed E-state index contributed by atoms with van der Waals surface area (Å²) in [5, 5.41) is 2.82. The quantitative estimate of drug-likeness (QED) is 0.797. The molecule has 2 aromatic carbocycles. The number of hydrogen-bond acceptors (Lipinski definition) is 3. The van der Waals surface area contributed by atoms with Crippen molar-refractivity contribution in [2.45, 2.75) is 32.2 Å². The molecule has 2 N–H and O–H groups in total. The Balaban J connectivity index is 2.18. The van der Waals surface area contributed by atoms with Crippen LogP contribution in [0.15, 0.2) is 53.4 Å². The van der Waals surface area contributed by atoms with Gasteiger partial charge in [-0.25, -0.2) is 13.1 Å². The average molecular weight is 360 g/mol. The van der Waals surface area contributed by atoms with Crippen LogP contribution in [0.1, 0.15) is 35.3 Å². The summed E-state index contributed by atoms with van der Waals surface area (Å²) in [7, 11) is -3.69. The van der Waals surface area contributed by atoms with Crippen molar-refractivity contribution < 1.29 is 13.2 Å². The molecular formula is C19H24N2O3S. The number of benzene rings is 2. The van der Waals surface area contributed by atoms with Crippen LogP contribution in [0.2, 0.25) is 0 Å². The number of nitrogens with one attached hydrogen (secondary N) is 2. The standard InChI is InChI=1S/C19H24N2O3S/c1-14(2)12-20-19(22)18-11-17(10-9-15(18)3)25(23,24)21-13-16-7-5-4-6-8-16/h4-11,14,21H,12-13H2,1-3H3,(H,20,22). The smallest absolute Gasteiger partial charge is 0.251 e. The van der Waals surface area contributed by atoms with Crippen LogP contribution in [0.5, 0.6) is 0 Å². The van der Waals surface area contributed by atoms with Gasteiger partial charge >= 0.3 is 0 Å². The molecule has 0 aromatic heterocycles. The van der Waals surface area contributed by atoms with E-state index in [0.29, 0.717) is 18.0 Å². The van der Waals surface area contributed by atoms with Crippen LogP contribution >= 0.6 is 0 Å². The predicted molar refractivity (Wildman–Crippen MR) is 98.8 cm³/mol. The second-order valence-electron chi connectivity index (χ2n) is 6.39. The molecule has 0 atom stereocenters. The van der Waals surface area contributed by atoms with Gasteiger partial charge in [0.15, 0.2) is 0 Å². The Kier molecular flexibility index (Phi) is 6.33. The van der Waals surface area contributed by atoms with Gasteiger partial charge in [0, 0.05) is 18.7 Å². The van der Waals surface area contributed by atoms with Crippen LogP contribution in [0.4, 0.5) is 0 Å². The molecule has 0 unspecified atom stereocenters. The number of carbonyl (C=O) groups excluding carboxylic acids is 1. The van der Waals surface area contributed by atoms with E-state index in [1.54, 1.807) is 13.0 Å². The van der Waals surface area contributed by atoms with E-state index in [-0.39, 0.29) is 17.3 Å². The molecule has 0 heterocycles. The molecule has 0 radical (unpaired) electrons. The van der Waals surface area contributed by atoms with Crippen molar-refractivity contribution in [3.63, 3.8) is 0 Å². The fraction of sp³-hybridized carbons (Fsp3) is 0.316. The van der Waals surface area contributed by atoms with E-state index in [1.165, 1.54) is 12.1 Å². The van der Waals surface area contributed by atoms with E-state index >= 15 is 0 Å². The van der Waals surface area contributed by atoms with Crippen molar-refractivity contribution in [1.82, 2.24) is 10.0 Å². The topological polar surface area (TPSA) is 75.3 Å². The lowest BCUT2D eigenvalue weighted by atomic mass is 10.1. The molecule has 0 saturated heterocycles. The third-order valence-electron chi connectivity index (χ3n) is 3.74. The normalized spacial score (nSPS) is 11.5. The number of aryl methyl sites for hydroxylation is 1. The number of carbonyl (C=O) groups is 1. The minimum absolute atomic E-state index is 0.0868. The number of amides is 1. The van der Waals surface area contributed by atoms with Crippen molar-refractivity contribution in [3.8, 4) is 0 Å². The van der Waals surface area contributed by atoms with E-state index in [2.05, 4.69) is 10.0 Å². The highest BCUT2D eigenvalue weighted by molar-refractivity contribution is 7.89. The van der Waals surface area contributed by atoms with Crippen molar-refractivity contribution >= 4 is 15.9 Å². The minimum Gasteiger partial charge on any atom is -0.352 e. The molecule has 0 aliphatic carbocycles. The Morgan fingerprint density at radius 2 is 1.76 bits per heavy atom. The SMILES string of the molecule is Cc1ccc(S(=O)(=O)NCc2ccccc2)cc1C(=O)NCC(C)C. The number of sulfonamides is 1. The molecule has 0 fully saturated rings. The summed E-state index contributed by atoms with van der Waals surface area (Å²) in [6.07, 6.45) is 0. The van der Waals surface area contributed by atoms with E-state index in [1.807, 2.05) is 44.2 Å². The molecule has 0 aliphatic heterocycles. The Labute approximate surface area is 149 Å². The minimum atomic E-state index is -3.69. The van der Waals surface area contributed by atoms with Crippen LogP contribution in [0.25, 0.3) is 0 Å². The third-order valence-corrected chi connectivity index (χ3v) is 5.14. The van der Waals surface area contributed by atoms with E-state index in [9.17, 15) is 13.2 Å². The Morgan fingerprint density at radius 1 is 1.08 bits per heavy atom. The summed E-state index contributed by atoms with van der Waals surface area (Å²) in [5.41, 5.74) is 1.99. The molecule has 2 aromatic rings. The summed E-state index contributed by atoms with van der Waals surface area (Å²) in [6.45, 7) is 6.54. The van der Waals surface area contributed by atoms with Crippen LogP contribution < -0.4 is 10.0 Å². The second kappa shape index (κ2) is 8.27. The molecule has 0 aliphatic rings. The highest BCUT2D eigenvalue weighted by Crippen LogP contribution is 2.16. The van der Waals surface area contributed by atoms with Gasteiger partial charge in [-0.2, -0.15) is 0 Å². The summed E-state index contributed by atoms with van der Waals surface area (Å²) in [6, 6.07) is 13.9. The molecule has 2 rings (SSSR count). The van der Waals surface area contributed by atoms with Gasteiger partial charge in [-0.1, -0.05) is 50.2 Å². The summed E-state index contributed by atoms with van der Waals surface area (Å²) >= 11 is 0. The lowest BCUT2D eigenvalue weighted by Crippen LogP contribution is -2.28. The van der Waals surface area contributed by atoms with Crippen LogP contribution in [0, 0.1) is 12.8 Å².